The van der Waals surface area contributed by atoms with Crippen LogP contribution in [-0.4, -0.2) is 21.8 Å². The number of thiophene rings is 1. The number of sulfonamides is 1. The number of benzene rings is 1. The first-order chi connectivity index (χ1) is 9.63. The molecule has 0 aliphatic carbocycles. The molecule has 2 heterocycles. The van der Waals surface area contributed by atoms with E-state index in [9.17, 15) is 8.42 Å². The van der Waals surface area contributed by atoms with Gasteiger partial charge in [0, 0.05) is 12.6 Å². The Morgan fingerprint density at radius 1 is 1.25 bits per heavy atom. The smallest absolute Gasteiger partial charge is 0.273 e. The van der Waals surface area contributed by atoms with Gasteiger partial charge in [-0.05, 0) is 30.5 Å². The van der Waals surface area contributed by atoms with Crippen molar-refractivity contribution < 1.29 is 17.9 Å². The van der Waals surface area contributed by atoms with Gasteiger partial charge in [-0.1, -0.05) is 6.07 Å². The summed E-state index contributed by atoms with van der Waals surface area (Å²) in [4.78, 5) is 0. The molecular weight excluding hydrogens is 298 g/mol. The highest BCUT2D eigenvalue weighted by atomic mass is 32.2. The summed E-state index contributed by atoms with van der Waals surface area (Å²) < 4.78 is 37.4. The van der Waals surface area contributed by atoms with Crippen LogP contribution in [0.4, 0.5) is 5.69 Å². The highest BCUT2D eigenvalue weighted by Gasteiger charge is 2.26. The van der Waals surface area contributed by atoms with E-state index in [0.29, 0.717) is 27.9 Å². The third-order valence-electron chi connectivity index (χ3n) is 2.97. The van der Waals surface area contributed by atoms with Gasteiger partial charge in [0.1, 0.15) is 4.21 Å². The number of anilines is 1. The van der Waals surface area contributed by atoms with E-state index in [2.05, 4.69) is 0 Å². The van der Waals surface area contributed by atoms with E-state index in [0.717, 1.165) is 0 Å². The van der Waals surface area contributed by atoms with E-state index < -0.39 is 10.0 Å². The minimum Gasteiger partial charge on any atom is -0.454 e. The largest absolute Gasteiger partial charge is 0.454 e. The lowest BCUT2D eigenvalue weighted by atomic mass is 10.3. The molecular formula is C13H13NO4S2. The summed E-state index contributed by atoms with van der Waals surface area (Å²) >= 11 is 1.21. The number of ether oxygens (including phenoxy) is 2. The number of hydrogen-bond acceptors (Lipinski definition) is 5. The van der Waals surface area contributed by atoms with E-state index in [4.69, 9.17) is 9.47 Å². The van der Waals surface area contributed by atoms with Crippen molar-refractivity contribution in [2.75, 3.05) is 17.6 Å². The van der Waals surface area contributed by atoms with Crippen LogP contribution in [0.3, 0.4) is 0 Å². The summed E-state index contributed by atoms with van der Waals surface area (Å²) in [5.74, 6) is 1.21. The first kappa shape index (κ1) is 13.3. The molecule has 3 rings (SSSR count). The van der Waals surface area contributed by atoms with Crippen LogP contribution in [0.1, 0.15) is 6.92 Å². The molecule has 0 unspecified atom stereocenters. The van der Waals surface area contributed by atoms with Gasteiger partial charge in [0.25, 0.3) is 10.0 Å². The van der Waals surface area contributed by atoms with Gasteiger partial charge in [-0.25, -0.2) is 8.42 Å². The second-order valence-corrected chi connectivity index (χ2v) is 7.18. The normalized spacial score (nSPS) is 13.4. The molecule has 0 spiro atoms. The van der Waals surface area contributed by atoms with Gasteiger partial charge < -0.3 is 9.47 Å². The van der Waals surface area contributed by atoms with Crippen molar-refractivity contribution in [2.45, 2.75) is 11.1 Å². The van der Waals surface area contributed by atoms with Crippen LogP contribution in [0.25, 0.3) is 0 Å². The summed E-state index contributed by atoms with van der Waals surface area (Å²) in [6.07, 6.45) is 0. The standard InChI is InChI=1S/C13H13NO4S2/c1-2-14(20(15,16)13-4-3-7-19-13)10-5-6-11-12(8-10)18-9-17-11/h3-8H,2,9H2,1H3. The molecule has 1 aliphatic heterocycles. The monoisotopic (exact) mass is 311 g/mol. The second kappa shape index (κ2) is 4.99. The minimum atomic E-state index is -3.52. The van der Waals surface area contributed by atoms with Crippen LogP contribution in [0.2, 0.25) is 0 Å². The zero-order chi connectivity index (χ0) is 14.2. The topological polar surface area (TPSA) is 55.8 Å². The van der Waals surface area contributed by atoms with Gasteiger partial charge in [0.2, 0.25) is 6.79 Å². The average Bonchev–Trinajstić information content (AvgIpc) is 3.10. The van der Waals surface area contributed by atoms with Crippen LogP contribution >= 0.6 is 11.3 Å². The van der Waals surface area contributed by atoms with E-state index >= 15 is 0 Å². The van der Waals surface area contributed by atoms with Crippen molar-refractivity contribution in [3.63, 3.8) is 0 Å². The zero-order valence-electron chi connectivity index (χ0n) is 10.8. The second-order valence-electron chi connectivity index (χ2n) is 4.14. The van der Waals surface area contributed by atoms with Crippen molar-refractivity contribution in [3.05, 3.63) is 35.7 Å². The lowest BCUT2D eigenvalue weighted by Crippen LogP contribution is -2.30. The quantitative estimate of drug-likeness (QED) is 0.871. The number of fused-ring (bicyclic) bond motifs is 1. The predicted octanol–water partition coefficient (Wildman–Crippen LogP) is 2.69. The van der Waals surface area contributed by atoms with E-state index in [-0.39, 0.29) is 6.79 Å². The van der Waals surface area contributed by atoms with E-state index in [1.165, 1.54) is 15.6 Å². The van der Waals surface area contributed by atoms with Crippen LogP contribution in [-0.2, 0) is 10.0 Å². The fourth-order valence-electron chi connectivity index (χ4n) is 2.05. The van der Waals surface area contributed by atoms with Gasteiger partial charge in [0.15, 0.2) is 11.5 Å². The maximum absolute atomic E-state index is 12.6. The molecule has 0 bridgehead atoms. The Morgan fingerprint density at radius 2 is 2.05 bits per heavy atom. The van der Waals surface area contributed by atoms with Crippen molar-refractivity contribution >= 4 is 27.0 Å². The number of rotatable bonds is 4. The summed E-state index contributed by atoms with van der Waals surface area (Å²) in [7, 11) is -3.52. The molecule has 1 aliphatic rings. The van der Waals surface area contributed by atoms with Crippen molar-refractivity contribution in [1.29, 1.82) is 0 Å². The highest BCUT2D eigenvalue weighted by Crippen LogP contribution is 2.37. The fourth-order valence-corrected chi connectivity index (χ4v) is 4.62. The summed E-state index contributed by atoms with van der Waals surface area (Å²) in [6.45, 7) is 2.32. The molecule has 0 fully saturated rings. The third-order valence-corrected chi connectivity index (χ3v) is 6.25. The molecule has 7 heteroatoms. The Hall–Kier alpha value is -1.73. The molecule has 5 nitrogen and oxygen atoms in total. The Bertz CT molecular complexity index is 710. The van der Waals surface area contributed by atoms with Crippen LogP contribution in [0, 0.1) is 0 Å². The molecule has 20 heavy (non-hydrogen) atoms. The summed E-state index contributed by atoms with van der Waals surface area (Å²) in [5, 5.41) is 1.75. The maximum atomic E-state index is 12.6. The van der Waals surface area contributed by atoms with Crippen molar-refractivity contribution in [2.24, 2.45) is 0 Å². The fraction of sp³-hybridized carbons (Fsp3) is 0.231. The van der Waals surface area contributed by atoms with Gasteiger partial charge in [-0.3, -0.25) is 4.31 Å². The van der Waals surface area contributed by atoms with Gasteiger partial charge >= 0.3 is 0 Å². The van der Waals surface area contributed by atoms with Crippen LogP contribution < -0.4 is 13.8 Å². The van der Waals surface area contributed by atoms with Crippen molar-refractivity contribution in [3.8, 4) is 11.5 Å². The molecule has 1 aromatic carbocycles. The Labute approximate surface area is 121 Å². The zero-order valence-corrected chi connectivity index (χ0v) is 12.4. The summed E-state index contributed by atoms with van der Waals surface area (Å²) in [6, 6.07) is 8.48. The molecule has 0 radical (unpaired) electrons. The highest BCUT2D eigenvalue weighted by molar-refractivity contribution is 7.94. The first-order valence-electron chi connectivity index (χ1n) is 6.09. The number of hydrogen-bond donors (Lipinski definition) is 0. The molecule has 106 valence electrons. The molecule has 0 atom stereocenters. The van der Waals surface area contributed by atoms with E-state index in [1.807, 2.05) is 0 Å². The molecule has 0 amide bonds. The molecule has 1 aromatic heterocycles. The summed E-state index contributed by atoms with van der Waals surface area (Å²) in [5.41, 5.74) is 0.574. The Kier molecular flexibility index (Phi) is 3.31. The lowest BCUT2D eigenvalue weighted by molar-refractivity contribution is 0.174. The SMILES string of the molecule is CCN(c1ccc2c(c1)OCO2)S(=O)(=O)c1cccs1. The maximum Gasteiger partial charge on any atom is 0.273 e. The van der Waals surface area contributed by atoms with Gasteiger partial charge in [0.05, 0.1) is 5.69 Å². The van der Waals surface area contributed by atoms with Crippen molar-refractivity contribution in [1.82, 2.24) is 0 Å². The molecule has 2 aromatic rings. The van der Waals surface area contributed by atoms with Gasteiger partial charge in [-0.2, -0.15) is 0 Å². The van der Waals surface area contributed by atoms with Crippen LogP contribution in [0.5, 0.6) is 11.5 Å². The average molecular weight is 311 g/mol. The molecule has 0 saturated carbocycles. The molecule has 0 N–H and O–H groups in total. The predicted molar refractivity (Wildman–Crippen MR) is 77.1 cm³/mol. The lowest BCUT2D eigenvalue weighted by Gasteiger charge is -2.22. The number of nitrogens with zero attached hydrogens (tertiary/aromatic N) is 1. The van der Waals surface area contributed by atoms with Gasteiger partial charge in [-0.15, -0.1) is 11.3 Å². The third kappa shape index (κ3) is 2.12. The molecule has 0 saturated heterocycles. The van der Waals surface area contributed by atoms with Crippen LogP contribution in [0.15, 0.2) is 39.9 Å². The van der Waals surface area contributed by atoms with E-state index in [1.54, 1.807) is 42.6 Å². The Morgan fingerprint density at radius 3 is 2.75 bits per heavy atom. The minimum absolute atomic E-state index is 0.169. The first-order valence-corrected chi connectivity index (χ1v) is 8.41. The Balaban J connectivity index is 2.02.